The zero-order valence-corrected chi connectivity index (χ0v) is 16.5. The first kappa shape index (κ1) is 19.5. The third-order valence-corrected chi connectivity index (χ3v) is 5.37. The summed E-state index contributed by atoms with van der Waals surface area (Å²) in [5.41, 5.74) is 1.40. The Bertz CT molecular complexity index is 1040. The summed E-state index contributed by atoms with van der Waals surface area (Å²) in [5.74, 6) is 0.931. The summed E-state index contributed by atoms with van der Waals surface area (Å²) in [7, 11) is 3.15. The van der Waals surface area contributed by atoms with Gasteiger partial charge in [0.25, 0.3) is 0 Å². The summed E-state index contributed by atoms with van der Waals surface area (Å²) in [6.07, 6.45) is 2.83. The van der Waals surface area contributed by atoms with E-state index in [0.29, 0.717) is 27.2 Å². The third-order valence-electron chi connectivity index (χ3n) is 3.61. The van der Waals surface area contributed by atoms with Crippen LogP contribution in [0.25, 0.3) is 17.3 Å². The molecule has 0 aliphatic heterocycles. The van der Waals surface area contributed by atoms with E-state index in [2.05, 4.69) is 10.3 Å². The summed E-state index contributed by atoms with van der Waals surface area (Å²) < 4.78 is 10.6. The number of nitrogens with one attached hydrogen (secondary N) is 1. The van der Waals surface area contributed by atoms with Crippen LogP contribution in [0.4, 0.5) is 10.1 Å². The van der Waals surface area contributed by atoms with Gasteiger partial charge >= 0.3 is 5.00 Å². The van der Waals surface area contributed by atoms with E-state index in [4.69, 9.17) is 9.47 Å². The molecule has 0 radical (unpaired) electrons. The molecule has 0 unspecified atom stereocenters. The van der Waals surface area contributed by atoms with Crippen LogP contribution in [0.1, 0.15) is 4.88 Å². The molecule has 10 heteroatoms. The molecule has 0 fully saturated rings. The third kappa shape index (κ3) is 4.53. The van der Waals surface area contributed by atoms with Gasteiger partial charge < -0.3 is 9.47 Å². The number of methoxy groups -OCH3 is 2. The first-order valence-electron chi connectivity index (χ1n) is 7.91. The van der Waals surface area contributed by atoms with E-state index in [-0.39, 0.29) is 10.9 Å². The lowest BCUT2D eigenvalue weighted by Crippen LogP contribution is -2.07. The predicted molar refractivity (Wildman–Crippen MR) is 109 cm³/mol. The second-order valence-corrected chi connectivity index (χ2v) is 7.31. The normalized spacial score (nSPS) is 10.8. The van der Waals surface area contributed by atoms with Gasteiger partial charge in [-0.05, 0) is 30.3 Å². The Hall–Kier alpha value is -3.24. The average Bonchev–Trinajstić information content (AvgIpc) is 3.35. The quantitative estimate of drug-likeness (QED) is 0.346. The molecular weight excluding hydrogens is 402 g/mol. The highest BCUT2D eigenvalue weighted by molar-refractivity contribution is 7.16. The van der Waals surface area contributed by atoms with E-state index in [0.717, 1.165) is 16.9 Å². The molecule has 3 rings (SSSR count). The van der Waals surface area contributed by atoms with E-state index in [1.54, 1.807) is 37.8 Å². The second kappa shape index (κ2) is 8.63. The average molecular weight is 417 g/mol. The van der Waals surface area contributed by atoms with Crippen LogP contribution in [0.15, 0.2) is 41.8 Å². The Morgan fingerprint density at radius 1 is 1.25 bits per heavy atom. The molecule has 1 N–H and O–H groups in total. The van der Waals surface area contributed by atoms with Crippen LogP contribution in [0.3, 0.4) is 0 Å². The molecule has 1 aromatic carbocycles. The Morgan fingerprint density at radius 2 is 2.07 bits per heavy atom. The number of hydrogen-bond donors (Lipinski definition) is 1. The first-order chi connectivity index (χ1) is 13.5. The summed E-state index contributed by atoms with van der Waals surface area (Å²) in [4.78, 5) is 27.3. The van der Waals surface area contributed by atoms with Crippen molar-refractivity contribution in [1.82, 2.24) is 4.98 Å². The molecule has 2 aromatic heterocycles. The number of carbonyl (C=O) groups is 1. The fourth-order valence-corrected chi connectivity index (χ4v) is 3.74. The van der Waals surface area contributed by atoms with Crippen molar-refractivity contribution >= 4 is 44.8 Å². The molecule has 0 atom stereocenters. The lowest BCUT2D eigenvalue weighted by Gasteiger charge is -2.08. The van der Waals surface area contributed by atoms with Crippen molar-refractivity contribution in [2.24, 2.45) is 0 Å². The maximum atomic E-state index is 12.1. The van der Waals surface area contributed by atoms with Crippen LogP contribution in [0.2, 0.25) is 0 Å². The first-order valence-corrected chi connectivity index (χ1v) is 9.61. The van der Waals surface area contributed by atoms with E-state index in [1.165, 1.54) is 29.6 Å². The fourth-order valence-electron chi connectivity index (χ4n) is 2.30. The van der Waals surface area contributed by atoms with Crippen LogP contribution in [-0.4, -0.2) is 30.0 Å². The van der Waals surface area contributed by atoms with Crippen LogP contribution >= 0.6 is 22.7 Å². The van der Waals surface area contributed by atoms with Crippen molar-refractivity contribution in [3.63, 3.8) is 0 Å². The number of anilines is 1. The molecule has 0 saturated heterocycles. The Balaban J connectivity index is 1.71. The molecule has 8 nitrogen and oxygen atoms in total. The largest absolute Gasteiger partial charge is 0.497 e. The van der Waals surface area contributed by atoms with Crippen molar-refractivity contribution in [3.8, 4) is 22.8 Å². The number of amides is 1. The minimum absolute atomic E-state index is 0.0249. The van der Waals surface area contributed by atoms with Gasteiger partial charge in [-0.2, -0.15) is 0 Å². The summed E-state index contributed by atoms with van der Waals surface area (Å²) in [5, 5.41) is 15.6. The highest BCUT2D eigenvalue weighted by Crippen LogP contribution is 2.35. The summed E-state index contributed by atoms with van der Waals surface area (Å²) in [6, 6.07) is 8.37. The van der Waals surface area contributed by atoms with Gasteiger partial charge in [-0.1, -0.05) is 11.3 Å². The van der Waals surface area contributed by atoms with Crippen LogP contribution in [0.5, 0.6) is 11.5 Å². The van der Waals surface area contributed by atoms with Gasteiger partial charge in [0, 0.05) is 28.0 Å². The zero-order valence-electron chi connectivity index (χ0n) is 14.9. The van der Waals surface area contributed by atoms with Crippen LogP contribution < -0.4 is 14.8 Å². The van der Waals surface area contributed by atoms with Crippen molar-refractivity contribution < 1.29 is 19.2 Å². The Labute approximate surface area is 168 Å². The molecular formula is C18H15N3O5S2. The smallest absolute Gasteiger partial charge is 0.324 e. The van der Waals surface area contributed by atoms with Gasteiger partial charge in [0.15, 0.2) is 5.13 Å². The molecule has 144 valence electrons. The molecule has 0 spiro atoms. The van der Waals surface area contributed by atoms with E-state index >= 15 is 0 Å². The minimum atomic E-state index is -0.466. The number of nitrogens with zero attached hydrogens (tertiary/aromatic N) is 2. The van der Waals surface area contributed by atoms with Crippen molar-refractivity contribution in [2.45, 2.75) is 0 Å². The Morgan fingerprint density at radius 3 is 2.75 bits per heavy atom. The van der Waals surface area contributed by atoms with Crippen molar-refractivity contribution in [1.29, 1.82) is 0 Å². The number of carbonyl (C=O) groups excluding carboxylic acids is 1. The summed E-state index contributed by atoms with van der Waals surface area (Å²) >= 11 is 2.27. The zero-order chi connectivity index (χ0) is 20.1. The maximum absolute atomic E-state index is 12.1. The monoisotopic (exact) mass is 417 g/mol. The number of ether oxygens (including phenoxy) is 2. The SMILES string of the molecule is COc1ccc(OC)c(-c2csc(NC(=O)/C=C/c3ccc([N+](=O)[O-])s3)n2)c1. The standard InChI is InChI=1S/C18H15N3O5S2/c1-25-11-3-6-15(26-2)13(9-11)14-10-27-18(19-14)20-16(22)7-4-12-5-8-17(28-12)21(23)24/h3-10H,1-2H3,(H,19,20,22)/b7-4+. The number of benzene rings is 1. The highest BCUT2D eigenvalue weighted by Gasteiger charge is 2.13. The van der Waals surface area contributed by atoms with Gasteiger partial charge in [0.1, 0.15) is 11.5 Å². The number of nitro groups is 1. The maximum Gasteiger partial charge on any atom is 0.324 e. The number of thiazole rings is 1. The molecule has 0 saturated carbocycles. The van der Waals surface area contributed by atoms with E-state index in [1.807, 2.05) is 6.07 Å². The van der Waals surface area contributed by atoms with E-state index in [9.17, 15) is 14.9 Å². The van der Waals surface area contributed by atoms with Gasteiger partial charge in [0.05, 0.1) is 24.8 Å². The number of thiophene rings is 1. The van der Waals surface area contributed by atoms with E-state index < -0.39 is 4.92 Å². The van der Waals surface area contributed by atoms with Crippen molar-refractivity contribution in [3.05, 3.63) is 56.8 Å². The van der Waals surface area contributed by atoms with Gasteiger partial charge in [0.2, 0.25) is 5.91 Å². The number of rotatable bonds is 7. The lowest BCUT2D eigenvalue weighted by atomic mass is 10.1. The topological polar surface area (TPSA) is 104 Å². The number of aromatic nitrogens is 1. The minimum Gasteiger partial charge on any atom is -0.497 e. The Kier molecular flexibility index (Phi) is 6.02. The molecule has 0 aliphatic rings. The molecule has 2 heterocycles. The fraction of sp³-hybridized carbons (Fsp3) is 0.111. The van der Waals surface area contributed by atoms with Crippen molar-refractivity contribution in [2.75, 3.05) is 19.5 Å². The van der Waals surface area contributed by atoms with Crippen LogP contribution in [-0.2, 0) is 4.79 Å². The lowest BCUT2D eigenvalue weighted by molar-refractivity contribution is -0.380. The van der Waals surface area contributed by atoms with Gasteiger partial charge in [-0.3, -0.25) is 20.2 Å². The molecule has 28 heavy (non-hydrogen) atoms. The van der Waals surface area contributed by atoms with Gasteiger partial charge in [-0.25, -0.2) is 4.98 Å². The van der Waals surface area contributed by atoms with Gasteiger partial charge in [-0.15, -0.1) is 11.3 Å². The highest BCUT2D eigenvalue weighted by atomic mass is 32.1. The molecule has 1 amide bonds. The second-order valence-electron chi connectivity index (χ2n) is 5.36. The predicted octanol–water partition coefficient (Wildman–Crippen LogP) is 4.45. The number of hydrogen-bond acceptors (Lipinski definition) is 8. The molecule has 0 aliphatic carbocycles. The molecule has 3 aromatic rings. The summed E-state index contributed by atoms with van der Waals surface area (Å²) in [6.45, 7) is 0. The molecule has 0 bridgehead atoms. The van der Waals surface area contributed by atoms with Crippen LogP contribution in [0, 0.1) is 10.1 Å².